The van der Waals surface area contributed by atoms with Gasteiger partial charge in [0.2, 0.25) is 0 Å². The molecule has 1 saturated carbocycles. The third-order valence-electron chi connectivity index (χ3n) is 4.18. The Labute approximate surface area is 125 Å². The van der Waals surface area contributed by atoms with Gasteiger partial charge in [-0.15, -0.1) is 0 Å². The number of ether oxygens (including phenoxy) is 1. The molecule has 0 radical (unpaired) electrons. The molecular weight excluding hydrogens is 266 g/mol. The number of anilines is 1. The molecule has 2 aliphatic rings. The summed E-state index contributed by atoms with van der Waals surface area (Å²) in [4.78, 5) is 21.1. The first kappa shape index (κ1) is 14.3. The van der Waals surface area contributed by atoms with Crippen LogP contribution in [0.4, 0.5) is 5.82 Å². The van der Waals surface area contributed by atoms with Crippen LogP contribution in [0.5, 0.6) is 0 Å². The maximum absolute atomic E-state index is 12.8. The largest absolute Gasteiger partial charge is 0.381 e. The number of nitrogens with zero attached hydrogens (tertiary/aromatic N) is 3. The highest BCUT2D eigenvalue weighted by atomic mass is 16.5. The number of carbonyl (C=O) groups excluding carboxylic acids is 1. The van der Waals surface area contributed by atoms with Gasteiger partial charge in [0.1, 0.15) is 5.82 Å². The van der Waals surface area contributed by atoms with Crippen molar-refractivity contribution in [3.63, 3.8) is 0 Å². The molecule has 0 spiro atoms. The number of hydrogen-bond acceptors (Lipinski definition) is 4. The van der Waals surface area contributed by atoms with E-state index < -0.39 is 0 Å². The van der Waals surface area contributed by atoms with Crippen LogP contribution in [0.2, 0.25) is 0 Å². The lowest BCUT2D eigenvalue weighted by molar-refractivity contribution is 0.0706. The average molecular weight is 289 g/mol. The van der Waals surface area contributed by atoms with Crippen molar-refractivity contribution in [3.05, 3.63) is 23.9 Å². The molecule has 1 aliphatic carbocycles. The first-order valence-corrected chi connectivity index (χ1v) is 7.67. The van der Waals surface area contributed by atoms with Crippen molar-refractivity contribution in [2.24, 2.45) is 5.92 Å². The number of amides is 1. The topological polar surface area (TPSA) is 45.7 Å². The van der Waals surface area contributed by atoms with Crippen molar-refractivity contribution in [3.8, 4) is 0 Å². The first-order valence-electron chi connectivity index (χ1n) is 7.67. The fraction of sp³-hybridized carbons (Fsp3) is 0.625. The minimum Gasteiger partial charge on any atom is -0.381 e. The van der Waals surface area contributed by atoms with Gasteiger partial charge in [-0.2, -0.15) is 0 Å². The smallest absolute Gasteiger partial charge is 0.254 e. The molecule has 0 aromatic carbocycles. The zero-order valence-electron chi connectivity index (χ0n) is 12.8. The van der Waals surface area contributed by atoms with E-state index in [0.29, 0.717) is 12.0 Å². The molecule has 1 saturated heterocycles. The highest BCUT2D eigenvalue weighted by molar-refractivity contribution is 5.95. The first-order chi connectivity index (χ1) is 10.1. The quantitative estimate of drug-likeness (QED) is 0.829. The van der Waals surface area contributed by atoms with Gasteiger partial charge in [0, 0.05) is 51.0 Å². The van der Waals surface area contributed by atoms with Crippen LogP contribution in [0.1, 0.15) is 29.6 Å². The molecule has 1 aromatic rings. The number of hydrogen-bond donors (Lipinski definition) is 0. The maximum Gasteiger partial charge on any atom is 0.254 e. The predicted octanol–water partition coefficient (Wildman–Crippen LogP) is 1.79. The fourth-order valence-corrected chi connectivity index (χ4v) is 2.75. The van der Waals surface area contributed by atoms with Crippen molar-refractivity contribution in [2.45, 2.75) is 25.3 Å². The summed E-state index contributed by atoms with van der Waals surface area (Å²) in [5.41, 5.74) is 0.736. The SMILES string of the molecule is CN(C)c1cc(C(=O)N(C[C@@H]2CCOC2)C2CC2)ccn1. The van der Waals surface area contributed by atoms with Crippen molar-refractivity contribution < 1.29 is 9.53 Å². The highest BCUT2D eigenvalue weighted by Crippen LogP contribution is 2.30. The van der Waals surface area contributed by atoms with E-state index in [1.165, 1.54) is 0 Å². The van der Waals surface area contributed by atoms with E-state index in [1.54, 1.807) is 6.20 Å². The molecule has 5 heteroatoms. The number of rotatable bonds is 5. The summed E-state index contributed by atoms with van der Waals surface area (Å²) in [5, 5.41) is 0. The molecule has 0 N–H and O–H groups in total. The number of pyridine rings is 1. The predicted molar refractivity (Wildman–Crippen MR) is 81.5 cm³/mol. The van der Waals surface area contributed by atoms with E-state index in [2.05, 4.69) is 4.98 Å². The van der Waals surface area contributed by atoms with Crippen LogP contribution in [-0.4, -0.2) is 55.7 Å². The molecular formula is C16H23N3O2. The molecule has 114 valence electrons. The summed E-state index contributed by atoms with van der Waals surface area (Å²) in [6, 6.07) is 4.12. The van der Waals surface area contributed by atoms with Gasteiger partial charge < -0.3 is 14.5 Å². The summed E-state index contributed by atoms with van der Waals surface area (Å²) in [6.07, 6.45) is 5.04. The Morgan fingerprint density at radius 1 is 1.38 bits per heavy atom. The molecule has 1 amide bonds. The third-order valence-corrected chi connectivity index (χ3v) is 4.18. The number of carbonyl (C=O) groups is 1. The van der Waals surface area contributed by atoms with Gasteiger partial charge in [-0.1, -0.05) is 0 Å². The van der Waals surface area contributed by atoms with E-state index in [0.717, 1.165) is 50.4 Å². The van der Waals surface area contributed by atoms with Crippen molar-refractivity contribution in [2.75, 3.05) is 38.8 Å². The van der Waals surface area contributed by atoms with E-state index in [1.807, 2.05) is 36.0 Å². The van der Waals surface area contributed by atoms with Gasteiger partial charge in [0.05, 0.1) is 6.61 Å². The Kier molecular flexibility index (Phi) is 4.10. The van der Waals surface area contributed by atoms with Crippen molar-refractivity contribution in [1.82, 2.24) is 9.88 Å². The van der Waals surface area contributed by atoms with Gasteiger partial charge >= 0.3 is 0 Å². The second-order valence-electron chi connectivity index (χ2n) is 6.22. The maximum atomic E-state index is 12.8. The van der Waals surface area contributed by atoms with Crippen LogP contribution in [-0.2, 0) is 4.74 Å². The van der Waals surface area contributed by atoms with Gasteiger partial charge in [-0.3, -0.25) is 4.79 Å². The average Bonchev–Trinajstić information content (AvgIpc) is 3.20. The lowest BCUT2D eigenvalue weighted by Gasteiger charge is -2.25. The lowest BCUT2D eigenvalue weighted by Crippen LogP contribution is -2.37. The summed E-state index contributed by atoms with van der Waals surface area (Å²) in [5.74, 6) is 1.44. The summed E-state index contributed by atoms with van der Waals surface area (Å²) < 4.78 is 5.44. The second kappa shape index (κ2) is 6.02. The standard InChI is InChI=1S/C16H23N3O2/c1-18(2)15-9-13(5-7-17-15)16(20)19(14-3-4-14)10-12-6-8-21-11-12/h5,7,9,12,14H,3-4,6,8,10-11H2,1-2H3/t12-/m0/s1. The molecule has 21 heavy (non-hydrogen) atoms. The summed E-state index contributed by atoms with van der Waals surface area (Å²) in [7, 11) is 3.87. The molecule has 1 atom stereocenters. The molecule has 2 heterocycles. The molecule has 2 fully saturated rings. The van der Waals surface area contributed by atoms with Crippen molar-refractivity contribution in [1.29, 1.82) is 0 Å². The Morgan fingerprint density at radius 2 is 2.19 bits per heavy atom. The molecule has 0 unspecified atom stereocenters. The Bertz CT molecular complexity index is 508. The van der Waals surface area contributed by atoms with E-state index in [9.17, 15) is 4.79 Å². The monoisotopic (exact) mass is 289 g/mol. The molecule has 1 aliphatic heterocycles. The summed E-state index contributed by atoms with van der Waals surface area (Å²) in [6.45, 7) is 2.44. The van der Waals surface area contributed by atoms with Gasteiger partial charge in [0.15, 0.2) is 0 Å². The van der Waals surface area contributed by atoms with Gasteiger partial charge in [-0.25, -0.2) is 4.98 Å². The second-order valence-corrected chi connectivity index (χ2v) is 6.22. The Morgan fingerprint density at radius 3 is 2.81 bits per heavy atom. The van der Waals surface area contributed by atoms with Crippen molar-refractivity contribution >= 4 is 11.7 Å². The third kappa shape index (κ3) is 3.35. The van der Waals surface area contributed by atoms with Crippen LogP contribution < -0.4 is 4.90 Å². The lowest BCUT2D eigenvalue weighted by atomic mass is 10.1. The molecule has 1 aromatic heterocycles. The van der Waals surface area contributed by atoms with Gasteiger partial charge in [0.25, 0.3) is 5.91 Å². The number of aromatic nitrogens is 1. The molecule has 0 bridgehead atoms. The normalized spacial score (nSPS) is 21.3. The zero-order chi connectivity index (χ0) is 14.8. The fourth-order valence-electron chi connectivity index (χ4n) is 2.75. The molecule has 3 rings (SSSR count). The van der Waals surface area contributed by atoms with Crippen LogP contribution in [0.3, 0.4) is 0 Å². The van der Waals surface area contributed by atoms with Crippen LogP contribution in [0.15, 0.2) is 18.3 Å². The van der Waals surface area contributed by atoms with Crippen LogP contribution >= 0.6 is 0 Å². The minimum atomic E-state index is 0.134. The van der Waals surface area contributed by atoms with Crippen LogP contribution in [0, 0.1) is 5.92 Å². The zero-order valence-corrected chi connectivity index (χ0v) is 12.8. The van der Waals surface area contributed by atoms with Crippen LogP contribution in [0.25, 0.3) is 0 Å². The Balaban J connectivity index is 1.75. The highest BCUT2D eigenvalue weighted by Gasteiger charge is 2.35. The molecule has 5 nitrogen and oxygen atoms in total. The van der Waals surface area contributed by atoms with E-state index in [-0.39, 0.29) is 5.91 Å². The Hall–Kier alpha value is -1.62. The minimum absolute atomic E-state index is 0.134. The van der Waals surface area contributed by atoms with Gasteiger partial charge in [-0.05, 0) is 31.4 Å². The van der Waals surface area contributed by atoms with E-state index >= 15 is 0 Å². The van der Waals surface area contributed by atoms with E-state index in [4.69, 9.17) is 4.74 Å². The summed E-state index contributed by atoms with van der Waals surface area (Å²) >= 11 is 0.